The number of hydrogen-bond donors (Lipinski definition) is 0. The van der Waals surface area contributed by atoms with Crippen LogP contribution in [0.1, 0.15) is 16.1 Å². The zero-order chi connectivity index (χ0) is 14.7. The van der Waals surface area contributed by atoms with Crippen LogP contribution in [0.15, 0.2) is 60.8 Å². The fourth-order valence-electron chi connectivity index (χ4n) is 2.04. The minimum atomic E-state index is -0.433. The average molecular weight is 274 g/mol. The van der Waals surface area contributed by atoms with Crippen molar-refractivity contribution >= 4 is 16.7 Å². The lowest BCUT2D eigenvalue weighted by Gasteiger charge is -2.06. The highest BCUT2D eigenvalue weighted by atomic mass is 16.5. The highest BCUT2D eigenvalue weighted by Gasteiger charge is 2.09. The van der Waals surface area contributed by atoms with Gasteiger partial charge in [0, 0.05) is 11.6 Å². The quantitative estimate of drug-likeness (QED) is 0.531. The summed E-state index contributed by atoms with van der Waals surface area (Å²) >= 11 is 0. The van der Waals surface area contributed by atoms with Crippen LogP contribution >= 0.6 is 0 Å². The Hall–Kier alpha value is -3.19. The van der Waals surface area contributed by atoms with E-state index in [0.717, 1.165) is 5.39 Å². The Morgan fingerprint density at radius 1 is 1.10 bits per heavy atom. The summed E-state index contributed by atoms with van der Waals surface area (Å²) < 4.78 is 5.33. The Balaban J connectivity index is 1.95. The standard InChI is InChI=1S/C17H10N2O2/c18-11-16-15-10-14(7-6-12(15)8-9-19-16)21-17(20)13-4-2-1-3-5-13/h1-10H. The molecule has 21 heavy (non-hydrogen) atoms. The number of fused-ring (bicyclic) bond motifs is 1. The molecule has 0 aliphatic carbocycles. The highest BCUT2D eigenvalue weighted by molar-refractivity contribution is 5.92. The van der Waals surface area contributed by atoms with Crippen molar-refractivity contribution in [3.05, 3.63) is 72.1 Å². The monoisotopic (exact) mass is 274 g/mol. The van der Waals surface area contributed by atoms with E-state index in [2.05, 4.69) is 4.98 Å². The van der Waals surface area contributed by atoms with Gasteiger partial charge in [-0.1, -0.05) is 24.3 Å². The Morgan fingerprint density at radius 3 is 2.67 bits per heavy atom. The third-order valence-corrected chi connectivity index (χ3v) is 3.06. The number of aromatic nitrogens is 1. The molecule has 0 amide bonds. The molecule has 100 valence electrons. The van der Waals surface area contributed by atoms with Crippen molar-refractivity contribution in [3.63, 3.8) is 0 Å². The zero-order valence-electron chi connectivity index (χ0n) is 11.0. The van der Waals surface area contributed by atoms with E-state index in [1.165, 1.54) is 0 Å². The maximum atomic E-state index is 12.0. The van der Waals surface area contributed by atoms with Crippen molar-refractivity contribution in [2.24, 2.45) is 0 Å². The molecule has 4 heteroatoms. The molecule has 0 spiro atoms. The summed E-state index contributed by atoms with van der Waals surface area (Å²) in [7, 11) is 0. The van der Waals surface area contributed by atoms with Crippen molar-refractivity contribution in [1.82, 2.24) is 4.98 Å². The van der Waals surface area contributed by atoms with Gasteiger partial charge in [0.05, 0.1) is 5.56 Å². The Labute approximate surface area is 121 Å². The number of carbonyl (C=O) groups is 1. The summed E-state index contributed by atoms with van der Waals surface area (Å²) in [5, 5.41) is 10.6. The van der Waals surface area contributed by atoms with Gasteiger partial charge in [0.15, 0.2) is 0 Å². The third-order valence-electron chi connectivity index (χ3n) is 3.06. The van der Waals surface area contributed by atoms with Gasteiger partial charge in [-0.3, -0.25) is 0 Å². The molecule has 0 unspecified atom stereocenters. The van der Waals surface area contributed by atoms with Gasteiger partial charge in [0.25, 0.3) is 0 Å². The molecular weight excluding hydrogens is 264 g/mol. The van der Waals surface area contributed by atoms with Crippen molar-refractivity contribution in [3.8, 4) is 11.8 Å². The molecule has 2 aromatic carbocycles. The number of nitriles is 1. The molecule has 0 atom stereocenters. The number of carbonyl (C=O) groups excluding carboxylic acids is 1. The molecule has 1 aromatic heterocycles. The van der Waals surface area contributed by atoms with Crippen molar-refractivity contribution < 1.29 is 9.53 Å². The molecular formula is C17H10N2O2. The first-order valence-electron chi connectivity index (χ1n) is 6.34. The van der Waals surface area contributed by atoms with Crippen LogP contribution in [0, 0.1) is 11.3 Å². The number of nitrogens with zero attached hydrogens (tertiary/aromatic N) is 2. The van der Waals surface area contributed by atoms with Crippen LogP contribution in [0.4, 0.5) is 0 Å². The molecule has 0 fully saturated rings. The lowest BCUT2D eigenvalue weighted by Crippen LogP contribution is -2.08. The summed E-state index contributed by atoms with van der Waals surface area (Å²) in [5.74, 6) is -0.0433. The van der Waals surface area contributed by atoms with Crippen LogP contribution in [0.3, 0.4) is 0 Å². The summed E-state index contributed by atoms with van der Waals surface area (Å²) in [5.41, 5.74) is 0.786. The van der Waals surface area contributed by atoms with Gasteiger partial charge in [0.2, 0.25) is 0 Å². The molecule has 0 N–H and O–H groups in total. The topological polar surface area (TPSA) is 63.0 Å². The fraction of sp³-hybridized carbons (Fsp3) is 0. The van der Waals surface area contributed by atoms with Crippen LogP contribution in [0.5, 0.6) is 5.75 Å². The maximum Gasteiger partial charge on any atom is 0.343 e. The van der Waals surface area contributed by atoms with E-state index in [-0.39, 0.29) is 0 Å². The van der Waals surface area contributed by atoms with Gasteiger partial charge in [0.1, 0.15) is 17.5 Å². The molecule has 0 aliphatic heterocycles. The first-order chi connectivity index (χ1) is 10.3. The van der Waals surface area contributed by atoms with Gasteiger partial charge in [-0.05, 0) is 35.7 Å². The van der Waals surface area contributed by atoms with Crippen molar-refractivity contribution in [1.29, 1.82) is 5.26 Å². The van der Waals surface area contributed by atoms with Crippen LogP contribution in [-0.2, 0) is 0 Å². The van der Waals surface area contributed by atoms with Gasteiger partial charge >= 0.3 is 5.97 Å². The Kier molecular flexibility index (Phi) is 3.32. The van der Waals surface area contributed by atoms with Crippen LogP contribution in [0.2, 0.25) is 0 Å². The molecule has 3 rings (SSSR count). The zero-order valence-corrected chi connectivity index (χ0v) is 11.0. The van der Waals surface area contributed by atoms with Gasteiger partial charge in [-0.2, -0.15) is 5.26 Å². The van der Waals surface area contributed by atoms with E-state index < -0.39 is 5.97 Å². The van der Waals surface area contributed by atoms with E-state index in [0.29, 0.717) is 22.4 Å². The maximum absolute atomic E-state index is 12.0. The molecule has 0 radical (unpaired) electrons. The molecule has 0 bridgehead atoms. The number of rotatable bonds is 2. The SMILES string of the molecule is N#Cc1nccc2ccc(OC(=O)c3ccccc3)cc12. The smallest absolute Gasteiger partial charge is 0.343 e. The minimum absolute atomic E-state index is 0.310. The Bertz CT molecular complexity index is 852. The second kappa shape index (κ2) is 5.43. The third kappa shape index (κ3) is 2.58. The molecule has 0 saturated heterocycles. The van der Waals surface area contributed by atoms with Gasteiger partial charge in [-0.25, -0.2) is 9.78 Å². The largest absolute Gasteiger partial charge is 0.423 e. The number of pyridine rings is 1. The first-order valence-corrected chi connectivity index (χ1v) is 6.34. The second-order valence-electron chi connectivity index (χ2n) is 4.41. The average Bonchev–Trinajstić information content (AvgIpc) is 2.55. The minimum Gasteiger partial charge on any atom is -0.423 e. The van der Waals surface area contributed by atoms with Gasteiger partial charge in [-0.15, -0.1) is 0 Å². The Morgan fingerprint density at radius 2 is 1.90 bits per heavy atom. The van der Waals surface area contributed by atoms with E-state index in [1.807, 2.05) is 12.1 Å². The van der Waals surface area contributed by atoms with E-state index in [4.69, 9.17) is 10.00 Å². The molecule has 1 heterocycles. The summed E-state index contributed by atoms with van der Waals surface area (Å²) in [6, 6.07) is 17.7. The lowest BCUT2D eigenvalue weighted by molar-refractivity contribution is 0.0735. The molecule has 0 aliphatic rings. The number of ether oxygens (including phenoxy) is 1. The van der Waals surface area contributed by atoms with Crippen molar-refractivity contribution in [2.45, 2.75) is 0 Å². The van der Waals surface area contributed by atoms with E-state index in [1.54, 1.807) is 54.7 Å². The predicted molar refractivity (Wildman–Crippen MR) is 77.9 cm³/mol. The summed E-state index contributed by atoms with van der Waals surface area (Å²) in [4.78, 5) is 16.0. The van der Waals surface area contributed by atoms with E-state index >= 15 is 0 Å². The molecule has 3 aromatic rings. The second-order valence-corrected chi connectivity index (χ2v) is 4.41. The van der Waals surface area contributed by atoms with Crippen LogP contribution in [-0.4, -0.2) is 11.0 Å². The van der Waals surface area contributed by atoms with Crippen molar-refractivity contribution in [2.75, 3.05) is 0 Å². The number of hydrogen-bond acceptors (Lipinski definition) is 4. The fourth-order valence-corrected chi connectivity index (χ4v) is 2.04. The normalized spacial score (nSPS) is 10.0. The van der Waals surface area contributed by atoms with Crippen LogP contribution in [0.25, 0.3) is 10.8 Å². The molecule has 4 nitrogen and oxygen atoms in total. The first kappa shape index (κ1) is 12.8. The summed E-state index contributed by atoms with van der Waals surface area (Å²) in [6.07, 6.45) is 1.58. The van der Waals surface area contributed by atoms with E-state index in [9.17, 15) is 4.79 Å². The summed E-state index contributed by atoms with van der Waals surface area (Å²) in [6.45, 7) is 0. The number of benzene rings is 2. The number of esters is 1. The predicted octanol–water partition coefficient (Wildman–Crippen LogP) is 3.33. The van der Waals surface area contributed by atoms with Gasteiger partial charge < -0.3 is 4.74 Å². The highest BCUT2D eigenvalue weighted by Crippen LogP contribution is 2.23. The molecule has 0 saturated carbocycles. The van der Waals surface area contributed by atoms with Crippen LogP contribution < -0.4 is 4.74 Å². The lowest BCUT2D eigenvalue weighted by atomic mass is 10.1.